The van der Waals surface area contributed by atoms with E-state index in [1.807, 2.05) is 0 Å². The lowest BCUT2D eigenvalue weighted by Gasteiger charge is -2.09. The Labute approximate surface area is 118 Å². The van der Waals surface area contributed by atoms with E-state index in [4.69, 9.17) is 0 Å². The molecular weight excluding hydrogens is 248 g/mol. The van der Waals surface area contributed by atoms with Crippen molar-refractivity contribution in [3.05, 3.63) is 73.2 Å². The van der Waals surface area contributed by atoms with Crippen LogP contribution in [0.1, 0.15) is 5.56 Å². The van der Waals surface area contributed by atoms with Gasteiger partial charge in [0.25, 0.3) is 0 Å². The van der Waals surface area contributed by atoms with Crippen molar-refractivity contribution in [2.75, 3.05) is 6.26 Å². The van der Waals surface area contributed by atoms with Crippen LogP contribution in [0.2, 0.25) is 0 Å². The average Bonchev–Trinajstić information content (AvgIpc) is 2.46. The molecule has 0 amide bonds. The van der Waals surface area contributed by atoms with Crippen molar-refractivity contribution in [1.82, 2.24) is 0 Å². The third-order valence-corrected chi connectivity index (χ3v) is 4.07. The normalized spacial score (nSPS) is 10.8. The summed E-state index contributed by atoms with van der Waals surface area (Å²) in [7, 11) is 0. The molecule has 19 heavy (non-hydrogen) atoms. The Morgan fingerprint density at radius 1 is 0.895 bits per heavy atom. The molecule has 0 fully saturated rings. The van der Waals surface area contributed by atoms with Crippen molar-refractivity contribution >= 4 is 22.5 Å². The fourth-order valence-electron chi connectivity index (χ4n) is 2.38. The Morgan fingerprint density at radius 3 is 2.37 bits per heavy atom. The molecule has 3 aromatic rings. The zero-order valence-electron chi connectivity index (χ0n) is 10.9. The van der Waals surface area contributed by atoms with Crippen LogP contribution in [0.4, 0.5) is 0 Å². The summed E-state index contributed by atoms with van der Waals surface area (Å²) in [6, 6.07) is 21.5. The van der Waals surface area contributed by atoms with Gasteiger partial charge in [-0.2, -0.15) is 0 Å². The number of thioether (sulfide) groups is 1. The van der Waals surface area contributed by atoms with Crippen molar-refractivity contribution in [2.24, 2.45) is 0 Å². The Hall–Kier alpha value is -1.73. The van der Waals surface area contributed by atoms with Crippen molar-refractivity contribution in [3.63, 3.8) is 0 Å². The molecule has 0 atom stereocenters. The van der Waals surface area contributed by atoms with E-state index >= 15 is 0 Å². The second-order valence-electron chi connectivity index (χ2n) is 4.59. The molecular formula is C18H15S. The first-order valence-electron chi connectivity index (χ1n) is 6.27. The highest BCUT2D eigenvalue weighted by Gasteiger charge is 2.04. The molecule has 3 aromatic carbocycles. The summed E-state index contributed by atoms with van der Waals surface area (Å²) in [6.07, 6.45) is 2.10. The maximum absolute atomic E-state index is 4.09. The van der Waals surface area contributed by atoms with Gasteiger partial charge in [-0.1, -0.05) is 48.5 Å². The molecule has 3 rings (SSSR count). The fourth-order valence-corrected chi connectivity index (χ4v) is 2.79. The molecule has 1 radical (unpaired) electrons. The van der Waals surface area contributed by atoms with Gasteiger partial charge in [0.05, 0.1) is 0 Å². The molecule has 0 aliphatic carbocycles. The molecule has 0 saturated carbocycles. The van der Waals surface area contributed by atoms with Crippen molar-refractivity contribution in [1.29, 1.82) is 0 Å². The third kappa shape index (κ3) is 2.39. The summed E-state index contributed by atoms with van der Waals surface area (Å²) in [6.45, 7) is 4.09. The molecule has 1 heteroatoms. The zero-order valence-corrected chi connectivity index (χ0v) is 11.7. The molecule has 0 aliphatic rings. The molecule has 0 unspecified atom stereocenters. The molecule has 0 nitrogen and oxygen atoms in total. The van der Waals surface area contributed by atoms with Crippen LogP contribution in [0.5, 0.6) is 0 Å². The van der Waals surface area contributed by atoms with E-state index < -0.39 is 0 Å². The van der Waals surface area contributed by atoms with Gasteiger partial charge in [-0.25, -0.2) is 0 Å². The first kappa shape index (κ1) is 12.3. The number of benzene rings is 3. The Bertz CT molecular complexity index is 711. The van der Waals surface area contributed by atoms with E-state index in [-0.39, 0.29) is 0 Å². The SMILES string of the molecule is [CH2]c1cc(-c2ccc(SC)cc2)c2ccccc2c1. The minimum atomic E-state index is 1.06. The van der Waals surface area contributed by atoms with E-state index in [2.05, 4.69) is 73.8 Å². The fraction of sp³-hybridized carbons (Fsp3) is 0.0556. The van der Waals surface area contributed by atoms with Crippen LogP contribution in [0.15, 0.2) is 65.6 Å². The van der Waals surface area contributed by atoms with Gasteiger partial charge in [-0.05, 0) is 52.8 Å². The Morgan fingerprint density at radius 2 is 1.63 bits per heavy atom. The molecule has 0 aromatic heterocycles. The summed E-state index contributed by atoms with van der Waals surface area (Å²) >= 11 is 1.77. The Balaban J connectivity index is 2.22. The Kier molecular flexibility index (Phi) is 3.31. The second-order valence-corrected chi connectivity index (χ2v) is 5.47. The summed E-state index contributed by atoms with van der Waals surface area (Å²) in [5.41, 5.74) is 3.57. The van der Waals surface area contributed by atoms with Gasteiger partial charge >= 0.3 is 0 Å². The summed E-state index contributed by atoms with van der Waals surface area (Å²) in [4.78, 5) is 1.29. The smallest absolute Gasteiger partial charge is 0.00695 e. The highest BCUT2D eigenvalue weighted by atomic mass is 32.2. The highest BCUT2D eigenvalue weighted by molar-refractivity contribution is 7.98. The number of fused-ring (bicyclic) bond motifs is 1. The molecule has 0 bridgehead atoms. The maximum Gasteiger partial charge on any atom is 0.00695 e. The van der Waals surface area contributed by atoms with Gasteiger partial charge in [0.2, 0.25) is 0 Å². The van der Waals surface area contributed by atoms with E-state index in [1.54, 1.807) is 11.8 Å². The van der Waals surface area contributed by atoms with Gasteiger partial charge in [0.1, 0.15) is 0 Å². The molecule has 0 saturated heterocycles. The van der Waals surface area contributed by atoms with Crippen molar-refractivity contribution in [3.8, 4) is 11.1 Å². The van der Waals surface area contributed by atoms with E-state index in [0.29, 0.717) is 0 Å². The van der Waals surface area contributed by atoms with Crippen LogP contribution in [0, 0.1) is 6.92 Å². The van der Waals surface area contributed by atoms with Crippen molar-refractivity contribution < 1.29 is 0 Å². The van der Waals surface area contributed by atoms with Crippen LogP contribution >= 0.6 is 11.8 Å². The van der Waals surface area contributed by atoms with Gasteiger partial charge in [-0.15, -0.1) is 11.8 Å². The lowest BCUT2D eigenvalue weighted by Crippen LogP contribution is -1.84. The van der Waals surface area contributed by atoms with Crippen LogP contribution in [-0.2, 0) is 0 Å². The number of rotatable bonds is 2. The lowest BCUT2D eigenvalue weighted by molar-refractivity contribution is 1.46. The topological polar surface area (TPSA) is 0 Å². The summed E-state index contributed by atoms with van der Waals surface area (Å²) < 4.78 is 0. The van der Waals surface area contributed by atoms with Crippen LogP contribution in [-0.4, -0.2) is 6.26 Å². The zero-order chi connectivity index (χ0) is 13.2. The number of hydrogen-bond acceptors (Lipinski definition) is 1. The van der Waals surface area contributed by atoms with E-state index in [1.165, 1.54) is 26.8 Å². The van der Waals surface area contributed by atoms with E-state index in [0.717, 1.165) is 5.56 Å². The summed E-state index contributed by atoms with van der Waals surface area (Å²) in [5, 5.41) is 2.53. The van der Waals surface area contributed by atoms with Gasteiger partial charge in [-0.3, -0.25) is 0 Å². The standard InChI is InChI=1S/C18H15S/c1-13-11-15-5-3-4-6-17(15)18(12-13)14-7-9-16(19-2)10-8-14/h3-12H,1H2,2H3. The molecule has 0 spiro atoms. The second kappa shape index (κ2) is 5.10. The molecule has 0 heterocycles. The third-order valence-electron chi connectivity index (χ3n) is 3.32. The van der Waals surface area contributed by atoms with Crippen LogP contribution < -0.4 is 0 Å². The van der Waals surface area contributed by atoms with Gasteiger partial charge in [0, 0.05) is 4.90 Å². The number of hydrogen-bond donors (Lipinski definition) is 0. The molecule has 0 N–H and O–H groups in total. The van der Waals surface area contributed by atoms with Crippen LogP contribution in [0.25, 0.3) is 21.9 Å². The average molecular weight is 263 g/mol. The van der Waals surface area contributed by atoms with E-state index in [9.17, 15) is 0 Å². The van der Waals surface area contributed by atoms with Gasteiger partial charge in [0.15, 0.2) is 0 Å². The lowest BCUT2D eigenvalue weighted by atomic mass is 9.96. The quantitative estimate of drug-likeness (QED) is 0.557. The molecule has 93 valence electrons. The first-order chi connectivity index (χ1) is 9.28. The minimum absolute atomic E-state index is 1.06. The molecule has 0 aliphatic heterocycles. The van der Waals surface area contributed by atoms with Gasteiger partial charge < -0.3 is 0 Å². The highest BCUT2D eigenvalue weighted by Crippen LogP contribution is 2.31. The predicted octanol–water partition coefficient (Wildman–Crippen LogP) is 5.41. The van der Waals surface area contributed by atoms with Crippen LogP contribution in [0.3, 0.4) is 0 Å². The maximum atomic E-state index is 4.09. The first-order valence-corrected chi connectivity index (χ1v) is 7.49. The monoisotopic (exact) mass is 263 g/mol. The largest absolute Gasteiger partial charge is 0.130 e. The van der Waals surface area contributed by atoms with Crippen molar-refractivity contribution in [2.45, 2.75) is 4.90 Å². The minimum Gasteiger partial charge on any atom is -0.130 e. The summed E-state index contributed by atoms with van der Waals surface area (Å²) in [5.74, 6) is 0. The predicted molar refractivity (Wildman–Crippen MR) is 85.6 cm³/mol.